The third-order valence-corrected chi connectivity index (χ3v) is 2.20. The second kappa shape index (κ2) is 6.83. The summed E-state index contributed by atoms with van der Waals surface area (Å²) < 4.78 is 5.13. The Labute approximate surface area is 114 Å². The zero-order valence-corrected chi connectivity index (χ0v) is 11.8. The molecule has 0 aliphatic rings. The lowest BCUT2D eigenvalue weighted by Gasteiger charge is -2.19. The van der Waals surface area contributed by atoms with Gasteiger partial charge in [0.05, 0.1) is 0 Å². The van der Waals surface area contributed by atoms with Gasteiger partial charge in [-0.25, -0.2) is 4.79 Å². The predicted octanol–water partition coefficient (Wildman–Crippen LogP) is 3.20. The van der Waals surface area contributed by atoms with Crippen molar-refractivity contribution >= 4 is 17.9 Å². The fourth-order valence-electron chi connectivity index (χ4n) is 1.45. The molecule has 0 bridgehead atoms. The number of nitrogens with one attached hydrogen (secondary N) is 1. The van der Waals surface area contributed by atoms with E-state index in [1.807, 2.05) is 57.2 Å². The summed E-state index contributed by atoms with van der Waals surface area (Å²) in [6, 6.07) is 7.64. The second-order valence-electron chi connectivity index (χ2n) is 5.29. The minimum absolute atomic E-state index is 0.384. The van der Waals surface area contributed by atoms with Gasteiger partial charge in [0.2, 0.25) is 0 Å². The molecule has 0 aliphatic carbocycles. The molecule has 0 saturated heterocycles. The number of nitrogens with two attached hydrogens (primary N) is 1. The number of benzene rings is 1. The van der Waals surface area contributed by atoms with Crippen LogP contribution in [-0.4, -0.2) is 18.2 Å². The van der Waals surface area contributed by atoms with E-state index in [2.05, 4.69) is 5.32 Å². The lowest BCUT2D eigenvalue weighted by molar-refractivity contribution is 0.0529. The lowest BCUT2D eigenvalue weighted by atomic mass is 10.2. The first-order valence-electron chi connectivity index (χ1n) is 6.36. The molecule has 0 aromatic heterocycles. The average molecular weight is 262 g/mol. The van der Waals surface area contributed by atoms with Crippen molar-refractivity contribution in [2.75, 3.05) is 12.3 Å². The second-order valence-corrected chi connectivity index (χ2v) is 5.29. The predicted molar refractivity (Wildman–Crippen MR) is 78.7 cm³/mol. The summed E-state index contributed by atoms with van der Waals surface area (Å²) in [5.41, 5.74) is 7.02. The van der Waals surface area contributed by atoms with Crippen LogP contribution in [0.15, 0.2) is 30.3 Å². The Morgan fingerprint density at radius 2 is 2.16 bits per heavy atom. The van der Waals surface area contributed by atoms with Gasteiger partial charge in [-0.3, -0.25) is 0 Å². The number of ether oxygens (including phenoxy) is 1. The van der Waals surface area contributed by atoms with Crippen LogP contribution in [0.2, 0.25) is 0 Å². The Kier molecular flexibility index (Phi) is 5.42. The highest BCUT2D eigenvalue weighted by molar-refractivity contribution is 5.67. The number of nitrogen functional groups attached to an aromatic ring is 1. The minimum atomic E-state index is -0.457. The summed E-state index contributed by atoms with van der Waals surface area (Å²) in [4.78, 5) is 11.4. The quantitative estimate of drug-likeness (QED) is 0.647. The molecule has 104 valence electrons. The van der Waals surface area contributed by atoms with Gasteiger partial charge in [-0.05, 0) is 44.9 Å². The molecular weight excluding hydrogens is 240 g/mol. The molecule has 1 rings (SSSR count). The number of carbonyl (C=O) groups is 1. The molecule has 1 amide bonds. The van der Waals surface area contributed by atoms with Crippen molar-refractivity contribution in [2.24, 2.45) is 0 Å². The molecule has 0 heterocycles. The first-order chi connectivity index (χ1) is 8.87. The summed E-state index contributed by atoms with van der Waals surface area (Å²) in [6.45, 7) is 6.07. The van der Waals surface area contributed by atoms with E-state index in [9.17, 15) is 4.79 Å². The normalized spacial score (nSPS) is 11.5. The Hall–Kier alpha value is -1.97. The van der Waals surface area contributed by atoms with E-state index in [0.717, 1.165) is 17.7 Å². The molecule has 4 nitrogen and oxygen atoms in total. The summed E-state index contributed by atoms with van der Waals surface area (Å²) in [7, 11) is 0. The van der Waals surface area contributed by atoms with E-state index in [1.165, 1.54) is 0 Å². The van der Waals surface area contributed by atoms with E-state index in [-0.39, 0.29) is 6.09 Å². The Bertz CT molecular complexity index is 448. The molecule has 19 heavy (non-hydrogen) atoms. The van der Waals surface area contributed by atoms with Crippen molar-refractivity contribution in [1.29, 1.82) is 0 Å². The van der Waals surface area contributed by atoms with Gasteiger partial charge in [-0.2, -0.15) is 0 Å². The fraction of sp³-hybridized carbons (Fsp3) is 0.400. The van der Waals surface area contributed by atoms with Gasteiger partial charge in [-0.1, -0.05) is 24.3 Å². The van der Waals surface area contributed by atoms with Crippen molar-refractivity contribution in [3.8, 4) is 0 Å². The molecule has 3 N–H and O–H groups in total. The fourth-order valence-corrected chi connectivity index (χ4v) is 1.45. The minimum Gasteiger partial charge on any atom is -0.444 e. The molecule has 0 fully saturated rings. The van der Waals surface area contributed by atoms with Crippen LogP contribution in [0.4, 0.5) is 10.5 Å². The Morgan fingerprint density at radius 3 is 2.79 bits per heavy atom. The van der Waals surface area contributed by atoms with E-state index < -0.39 is 5.60 Å². The molecule has 0 spiro atoms. The summed E-state index contributed by atoms with van der Waals surface area (Å²) in [5, 5.41) is 2.70. The third-order valence-electron chi connectivity index (χ3n) is 2.20. The number of hydrogen-bond acceptors (Lipinski definition) is 3. The number of carbonyl (C=O) groups excluding carboxylic acids is 1. The van der Waals surface area contributed by atoms with Gasteiger partial charge in [-0.15, -0.1) is 0 Å². The topological polar surface area (TPSA) is 64.3 Å². The van der Waals surface area contributed by atoms with Crippen LogP contribution in [0.5, 0.6) is 0 Å². The van der Waals surface area contributed by atoms with Crippen molar-refractivity contribution in [2.45, 2.75) is 32.8 Å². The van der Waals surface area contributed by atoms with Crippen LogP contribution in [-0.2, 0) is 4.74 Å². The van der Waals surface area contributed by atoms with E-state index >= 15 is 0 Å². The third kappa shape index (κ3) is 7.13. The Balaban J connectivity index is 2.26. The highest BCUT2D eigenvalue weighted by Crippen LogP contribution is 2.08. The average Bonchev–Trinajstić information content (AvgIpc) is 2.26. The SMILES string of the molecule is CC(C)(C)OC(=O)NCC/C=C/c1cccc(N)c1. The van der Waals surface area contributed by atoms with Crippen LogP contribution in [0, 0.1) is 0 Å². The number of hydrogen-bond donors (Lipinski definition) is 2. The molecule has 1 aromatic carbocycles. The van der Waals surface area contributed by atoms with Crippen LogP contribution >= 0.6 is 0 Å². The molecule has 0 aliphatic heterocycles. The van der Waals surface area contributed by atoms with Gasteiger partial charge < -0.3 is 15.8 Å². The highest BCUT2D eigenvalue weighted by atomic mass is 16.6. The number of alkyl carbamates (subject to hydrolysis) is 1. The summed E-state index contributed by atoms with van der Waals surface area (Å²) in [5.74, 6) is 0. The van der Waals surface area contributed by atoms with E-state index in [4.69, 9.17) is 10.5 Å². The molecule has 0 saturated carbocycles. The van der Waals surface area contributed by atoms with Crippen LogP contribution in [0.1, 0.15) is 32.8 Å². The van der Waals surface area contributed by atoms with Crippen molar-refractivity contribution in [3.05, 3.63) is 35.9 Å². The van der Waals surface area contributed by atoms with Crippen LogP contribution in [0.3, 0.4) is 0 Å². The number of amides is 1. The van der Waals surface area contributed by atoms with Crippen LogP contribution in [0.25, 0.3) is 6.08 Å². The van der Waals surface area contributed by atoms with Crippen LogP contribution < -0.4 is 11.1 Å². The Morgan fingerprint density at radius 1 is 1.42 bits per heavy atom. The molecule has 4 heteroatoms. The summed E-state index contributed by atoms with van der Waals surface area (Å²) in [6.07, 6.45) is 4.33. The van der Waals surface area contributed by atoms with E-state index in [1.54, 1.807) is 0 Å². The maximum atomic E-state index is 11.4. The monoisotopic (exact) mass is 262 g/mol. The van der Waals surface area contributed by atoms with Gasteiger partial charge >= 0.3 is 6.09 Å². The first kappa shape index (κ1) is 15.1. The number of rotatable bonds is 4. The van der Waals surface area contributed by atoms with Gasteiger partial charge in [0.1, 0.15) is 5.60 Å². The molecular formula is C15H22N2O2. The van der Waals surface area contributed by atoms with Crippen molar-refractivity contribution in [3.63, 3.8) is 0 Å². The maximum absolute atomic E-state index is 11.4. The smallest absolute Gasteiger partial charge is 0.407 e. The van der Waals surface area contributed by atoms with Crippen molar-refractivity contribution in [1.82, 2.24) is 5.32 Å². The molecule has 1 aromatic rings. The highest BCUT2D eigenvalue weighted by Gasteiger charge is 2.14. The maximum Gasteiger partial charge on any atom is 0.407 e. The zero-order chi connectivity index (χ0) is 14.3. The van der Waals surface area contributed by atoms with E-state index in [0.29, 0.717) is 6.54 Å². The molecule has 0 atom stereocenters. The van der Waals surface area contributed by atoms with Crippen molar-refractivity contribution < 1.29 is 9.53 Å². The first-order valence-corrected chi connectivity index (χ1v) is 6.36. The van der Waals surface area contributed by atoms with Gasteiger partial charge in [0.15, 0.2) is 0 Å². The summed E-state index contributed by atoms with van der Waals surface area (Å²) >= 11 is 0. The number of anilines is 1. The molecule has 0 radical (unpaired) electrons. The van der Waals surface area contributed by atoms with Gasteiger partial charge in [0.25, 0.3) is 0 Å². The lowest BCUT2D eigenvalue weighted by Crippen LogP contribution is -2.32. The standard InChI is InChI=1S/C15H22N2O2/c1-15(2,3)19-14(18)17-10-5-4-7-12-8-6-9-13(16)11-12/h4,6-9,11H,5,10,16H2,1-3H3,(H,17,18)/b7-4+. The largest absolute Gasteiger partial charge is 0.444 e. The van der Waals surface area contributed by atoms with Gasteiger partial charge in [0, 0.05) is 12.2 Å². The molecule has 0 unspecified atom stereocenters. The zero-order valence-electron chi connectivity index (χ0n) is 11.8.